The van der Waals surface area contributed by atoms with Gasteiger partial charge in [-0.3, -0.25) is 0 Å². The molecular formula is C27H51NO3. The molecule has 0 aliphatic heterocycles. The summed E-state index contributed by atoms with van der Waals surface area (Å²) in [4.78, 5) is 14.1. The second-order valence-electron chi connectivity index (χ2n) is 9.36. The number of aliphatic hydroxyl groups excluding tert-OH is 1. The lowest BCUT2D eigenvalue weighted by Gasteiger charge is -2.22. The number of esters is 1. The largest absolute Gasteiger partial charge is 0.462 e. The van der Waals surface area contributed by atoms with Crippen LogP contribution in [-0.2, 0) is 9.53 Å². The van der Waals surface area contributed by atoms with Crippen molar-refractivity contribution in [1.82, 2.24) is 4.90 Å². The van der Waals surface area contributed by atoms with E-state index in [9.17, 15) is 9.90 Å². The molecule has 0 unspecified atom stereocenters. The Morgan fingerprint density at radius 2 is 1.65 bits per heavy atom. The third-order valence-corrected chi connectivity index (χ3v) is 7.03. The van der Waals surface area contributed by atoms with Crippen molar-refractivity contribution in [2.45, 2.75) is 117 Å². The van der Waals surface area contributed by atoms with Crippen molar-refractivity contribution >= 4 is 5.97 Å². The first kappa shape index (κ1) is 28.2. The van der Waals surface area contributed by atoms with E-state index in [1.165, 1.54) is 51.4 Å². The van der Waals surface area contributed by atoms with Crippen LogP contribution in [0.2, 0.25) is 0 Å². The summed E-state index contributed by atoms with van der Waals surface area (Å²) in [6.07, 6.45) is 20.2. The van der Waals surface area contributed by atoms with Crippen LogP contribution in [0.3, 0.4) is 0 Å². The molecule has 0 heterocycles. The van der Waals surface area contributed by atoms with E-state index in [0.29, 0.717) is 12.5 Å². The number of hydrogen-bond acceptors (Lipinski definition) is 4. The predicted molar refractivity (Wildman–Crippen MR) is 131 cm³/mol. The molecule has 1 rings (SSSR count). The van der Waals surface area contributed by atoms with E-state index < -0.39 is 0 Å². The normalized spacial score (nSPS) is 21.4. The van der Waals surface area contributed by atoms with Crippen LogP contribution in [0.5, 0.6) is 0 Å². The highest BCUT2D eigenvalue weighted by molar-refractivity contribution is 5.81. The summed E-state index contributed by atoms with van der Waals surface area (Å²) in [6, 6.07) is 0. The van der Waals surface area contributed by atoms with Gasteiger partial charge in [-0.05, 0) is 63.5 Å². The first-order valence-electron chi connectivity index (χ1n) is 13.4. The van der Waals surface area contributed by atoms with Gasteiger partial charge in [0.15, 0.2) is 0 Å². The number of rotatable bonds is 19. The number of aliphatic hydroxyl groups is 1. The van der Waals surface area contributed by atoms with Gasteiger partial charge in [0.2, 0.25) is 0 Å². The molecule has 3 atom stereocenters. The molecule has 0 aromatic heterocycles. The van der Waals surface area contributed by atoms with Gasteiger partial charge in [-0.1, -0.05) is 78.2 Å². The quantitative estimate of drug-likeness (QED) is 0.142. The van der Waals surface area contributed by atoms with Crippen molar-refractivity contribution in [3.05, 3.63) is 12.2 Å². The van der Waals surface area contributed by atoms with Gasteiger partial charge in [0.05, 0.1) is 12.7 Å². The maximum absolute atomic E-state index is 11.8. The maximum atomic E-state index is 11.8. The van der Waals surface area contributed by atoms with Crippen molar-refractivity contribution in [1.29, 1.82) is 0 Å². The van der Waals surface area contributed by atoms with E-state index in [0.717, 1.165) is 64.1 Å². The maximum Gasteiger partial charge on any atom is 0.330 e. The summed E-state index contributed by atoms with van der Waals surface area (Å²) in [7, 11) is 0. The molecule has 1 saturated carbocycles. The summed E-state index contributed by atoms with van der Waals surface area (Å²) in [5, 5.41) is 10.4. The highest BCUT2D eigenvalue weighted by Crippen LogP contribution is 2.38. The van der Waals surface area contributed by atoms with Crippen LogP contribution in [-0.4, -0.2) is 48.3 Å². The lowest BCUT2D eigenvalue weighted by atomic mass is 9.86. The van der Waals surface area contributed by atoms with Crippen molar-refractivity contribution in [3.8, 4) is 0 Å². The molecular weight excluding hydrogens is 386 g/mol. The van der Waals surface area contributed by atoms with Gasteiger partial charge in [0.1, 0.15) is 0 Å². The van der Waals surface area contributed by atoms with Gasteiger partial charge in [0.25, 0.3) is 0 Å². The molecule has 1 N–H and O–H groups in total. The predicted octanol–water partition coefficient (Wildman–Crippen LogP) is 6.52. The van der Waals surface area contributed by atoms with Crippen LogP contribution < -0.4 is 0 Å². The van der Waals surface area contributed by atoms with Crippen molar-refractivity contribution in [2.24, 2.45) is 11.8 Å². The fourth-order valence-corrected chi connectivity index (χ4v) is 4.97. The fourth-order valence-electron chi connectivity index (χ4n) is 4.97. The number of hydrogen-bond donors (Lipinski definition) is 1. The van der Waals surface area contributed by atoms with Crippen LogP contribution in [0.15, 0.2) is 12.2 Å². The van der Waals surface area contributed by atoms with Gasteiger partial charge in [-0.2, -0.15) is 0 Å². The average Bonchev–Trinajstić information content (AvgIpc) is 3.12. The smallest absolute Gasteiger partial charge is 0.330 e. The van der Waals surface area contributed by atoms with E-state index in [1.54, 1.807) is 6.08 Å². The Balaban J connectivity index is 2.09. The van der Waals surface area contributed by atoms with Crippen molar-refractivity contribution in [2.75, 3.05) is 26.2 Å². The summed E-state index contributed by atoms with van der Waals surface area (Å²) >= 11 is 0. The number of allylic oxidation sites excluding steroid dienone is 1. The van der Waals surface area contributed by atoms with E-state index in [4.69, 9.17) is 4.74 Å². The Bertz CT molecular complexity index is 461. The van der Waals surface area contributed by atoms with Crippen LogP contribution >= 0.6 is 0 Å². The zero-order chi connectivity index (χ0) is 22.7. The molecule has 0 bridgehead atoms. The highest BCUT2D eigenvalue weighted by atomic mass is 16.5. The summed E-state index contributed by atoms with van der Waals surface area (Å²) < 4.78 is 5.28. The molecule has 0 aromatic carbocycles. The van der Waals surface area contributed by atoms with Crippen LogP contribution in [0, 0.1) is 11.8 Å². The molecule has 4 nitrogen and oxygen atoms in total. The van der Waals surface area contributed by atoms with Crippen LogP contribution in [0.25, 0.3) is 0 Å². The standard InChI is InChI=1S/C27H51NO3/c1-4-7-8-9-10-13-17-24-20-21-26(29)25(24)18-14-11-12-15-19-27(30)31-23-16-22-28(5-2)6-3/h15,19,24-26,29H,4-14,16-18,20-23H2,1-3H3/t24-,25+,26-/m0/s1. The van der Waals surface area contributed by atoms with Crippen molar-refractivity contribution in [3.63, 3.8) is 0 Å². The molecule has 31 heavy (non-hydrogen) atoms. The molecule has 1 aliphatic carbocycles. The Kier molecular flexibility index (Phi) is 17.0. The molecule has 0 amide bonds. The molecule has 0 radical (unpaired) electrons. The molecule has 0 saturated heterocycles. The second kappa shape index (κ2) is 18.7. The van der Waals surface area contributed by atoms with Crippen LogP contribution in [0.1, 0.15) is 111 Å². The first-order valence-corrected chi connectivity index (χ1v) is 13.4. The Morgan fingerprint density at radius 1 is 0.935 bits per heavy atom. The number of carbonyl (C=O) groups excluding carboxylic acids is 1. The minimum atomic E-state index is -0.218. The lowest BCUT2D eigenvalue weighted by molar-refractivity contribution is -0.137. The van der Waals surface area contributed by atoms with Gasteiger partial charge < -0.3 is 14.7 Å². The van der Waals surface area contributed by atoms with Crippen molar-refractivity contribution < 1.29 is 14.6 Å². The van der Waals surface area contributed by atoms with Gasteiger partial charge >= 0.3 is 5.97 Å². The first-order chi connectivity index (χ1) is 15.1. The highest BCUT2D eigenvalue weighted by Gasteiger charge is 2.33. The molecule has 1 fully saturated rings. The number of unbranched alkanes of at least 4 members (excludes halogenated alkanes) is 7. The van der Waals surface area contributed by atoms with E-state index in [2.05, 4.69) is 25.7 Å². The van der Waals surface area contributed by atoms with Crippen LogP contribution in [0.4, 0.5) is 0 Å². The minimum Gasteiger partial charge on any atom is -0.462 e. The molecule has 0 aromatic rings. The Labute approximate surface area is 192 Å². The number of carbonyl (C=O) groups is 1. The topological polar surface area (TPSA) is 49.8 Å². The summed E-state index contributed by atoms with van der Waals surface area (Å²) in [6.45, 7) is 10.1. The van der Waals surface area contributed by atoms with Gasteiger partial charge in [-0.25, -0.2) is 4.79 Å². The third kappa shape index (κ3) is 13.3. The minimum absolute atomic E-state index is 0.0908. The second-order valence-corrected chi connectivity index (χ2v) is 9.36. The number of nitrogens with zero attached hydrogens (tertiary/aromatic N) is 1. The van der Waals surface area contributed by atoms with Gasteiger partial charge in [-0.15, -0.1) is 0 Å². The summed E-state index contributed by atoms with van der Waals surface area (Å²) in [5.74, 6) is 1.00. The molecule has 1 aliphatic rings. The zero-order valence-electron chi connectivity index (χ0n) is 20.8. The summed E-state index contributed by atoms with van der Waals surface area (Å²) in [5.41, 5.74) is 0. The Morgan fingerprint density at radius 3 is 2.39 bits per heavy atom. The molecule has 4 heteroatoms. The van der Waals surface area contributed by atoms with E-state index in [1.807, 2.05) is 6.08 Å². The number of ether oxygens (including phenoxy) is 1. The SMILES string of the molecule is CCCCCCCC[C@H]1CC[C@H](O)[C@@H]1CCCCC=CC(=O)OCCCN(CC)CC. The van der Waals surface area contributed by atoms with E-state index >= 15 is 0 Å². The Hall–Kier alpha value is -0.870. The fraction of sp³-hybridized carbons (Fsp3) is 0.889. The zero-order valence-corrected chi connectivity index (χ0v) is 20.8. The average molecular weight is 438 g/mol. The lowest BCUT2D eigenvalue weighted by Crippen LogP contribution is -2.25. The van der Waals surface area contributed by atoms with Gasteiger partial charge in [0, 0.05) is 12.6 Å². The molecule has 182 valence electrons. The molecule has 0 spiro atoms. The van der Waals surface area contributed by atoms with E-state index in [-0.39, 0.29) is 12.1 Å². The monoisotopic (exact) mass is 437 g/mol. The third-order valence-electron chi connectivity index (χ3n) is 7.03.